The maximum absolute atomic E-state index is 10.7. The number of anilines is 1. The van der Waals surface area contributed by atoms with Gasteiger partial charge in [-0.3, -0.25) is 10.1 Å². The van der Waals surface area contributed by atoms with E-state index in [4.69, 9.17) is 16.3 Å². The van der Waals surface area contributed by atoms with E-state index in [9.17, 15) is 10.1 Å². The van der Waals surface area contributed by atoms with E-state index >= 15 is 0 Å². The van der Waals surface area contributed by atoms with E-state index in [0.717, 1.165) is 39.0 Å². The highest BCUT2D eigenvalue weighted by Gasteiger charge is 2.34. The van der Waals surface area contributed by atoms with Crippen LogP contribution in [0.4, 0.5) is 11.5 Å². The summed E-state index contributed by atoms with van der Waals surface area (Å²) in [4.78, 5) is 16.7. The highest BCUT2D eigenvalue weighted by atomic mass is 35.5. The molecule has 6 nitrogen and oxygen atoms in total. The highest BCUT2D eigenvalue weighted by Crippen LogP contribution is 2.36. The lowest BCUT2D eigenvalue weighted by molar-refractivity contribution is -0.385. The van der Waals surface area contributed by atoms with E-state index < -0.39 is 4.92 Å². The molecule has 2 fully saturated rings. The molecule has 0 aromatic carbocycles. The Morgan fingerprint density at radius 3 is 2.85 bits per heavy atom. The fraction of sp³-hybridized carbons (Fsp3) is 0.615. The Morgan fingerprint density at radius 1 is 1.50 bits per heavy atom. The van der Waals surface area contributed by atoms with E-state index in [1.165, 1.54) is 12.3 Å². The van der Waals surface area contributed by atoms with Crippen molar-refractivity contribution in [1.82, 2.24) is 4.98 Å². The molecule has 1 aliphatic heterocycles. The molecular formula is C13H16ClN3O3. The van der Waals surface area contributed by atoms with Crippen molar-refractivity contribution in [2.75, 3.05) is 24.7 Å². The largest absolute Gasteiger partial charge is 0.381 e. The molecule has 1 aromatic heterocycles. The summed E-state index contributed by atoms with van der Waals surface area (Å²) in [5, 5.41) is 11.1. The lowest BCUT2D eigenvalue weighted by Crippen LogP contribution is -2.32. The Hall–Kier alpha value is -1.40. The zero-order valence-electron chi connectivity index (χ0n) is 11.0. The first-order valence-corrected chi connectivity index (χ1v) is 7.17. The summed E-state index contributed by atoms with van der Waals surface area (Å²) in [6, 6.07) is 1.84. The third-order valence-electron chi connectivity index (χ3n) is 3.76. The molecule has 1 aromatic rings. The minimum atomic E-state index is -0.477. The van der Waals surface area contributed by atoms with Crippen LogP contribution in [0, 0.1) is 16.0 Å². The van der Waals surface area contributed by atoms with Crippen LogP contribution in [0.15, 0.2) is 12.3 Å². The molecule has 0 spiro atoms. The molecule has 1 atom stereocenters. The van der Waals surface area contributed by atoms with Crippen LogP contribution in [0.5, 0.6) is 0 Å². The van der Waals surface area contributed by atoms with Crippen molar-refractivity contribution in [2.24, 2.45) is 5.92 Å². The molecule has 0 radical (unpaired) electrons. The Kier molecular flexibility index (Phi) is 3.76. The van der Waals surface area contributed by atoms with Crippen LogP contribution in [0.3, 0.4) is 0 Å². The molecule has 0 amide bonds. The molecular weight excluding hydrogens is 282 g/mol. The minimum absolute atomic E-state index is 0.0707. The summed E-state index contributed by atoms with van der Waals surface area (Å²) < 4.78 is 5.41. The predicted molar refractivity (Wildman–Crippen MR) is 75.2 cm³/mol. The molecule has 1 aliphatic carbocycles. The molecule has 1 saturated carbocycles. The van der Waals surface area contributed by atoms with Gasteiger partial charge < -0.3 is 9.64 Å². The van der Waals surface area contributed by atoms with Crippen molar-refractivity contribution in [3.05, 3.63) is 27.4 Å². The van der Waals surface area contributed by atoms with E-state index in [1.807, 2.05) is 0 Å². The number of rotatable bonds is 5. The average molecular weight is 298 g/mol. The van der Waals surface area contributed by atoms with Crippen LogP contribution in [0.1, 0.15) is 19.3 Å². The zero-order chi connectivity index (χ0) is 14.1. The van der Waals surface area contributed by atoms with Crippen molar-refractivity contribution in [3.8, 4) is 0 Å². The first kappa shape index (κ1) is 13.6. The van der Waals surface area contributed by atoms with Gasteiger partial charge in [-0.05, 0) is 19.3 Å². The van der Waals surface area contributed by atoms with Gasteiger partial charge in [0.2, 0.25) is 0 Å². The molecule has 0 N–H and O–H groups in total. The van der Waals surface area contributed by atoms with Crippen LogP contribution < -0.4 is 4.90 Å². The van der Waals surface area contributed by atoms with E-state index in [1.54, 1.807) is 0 Å². The fourth-order valence-electron chi connectivity index (χ4n) is 2.53. The third kappa shape index (κ3) is 2.86. The second kappa shape index (κ2) is 5.54. The lowest BCUT2D eigenvalue weighted by Gasteiger charge is -2.26. The Balaban J connectivity index is 1.81. The number of nitrogens with zero attached hydrogens (tertiary/aromatic N) is 3. The lowest BCUT2D eigenvalue weighted by atomic mass is 10.1. The van der Waals surface area contributed by atoms with E-state index in [2.05, 4.69) is 9.88 Å². The average Bonchev–Trinajstić information content (AvgIpc) is 3.14. The Labute approximate surface area is 121 Å². The van der Waals surface area contributed by atoms with Gasteiger partial charge in [0.25, 0.3) is 5.69 Å². The first-order valence-electron chi connectivity index (χ1n) is 6.79. The van der Waals surface area contributed by atoms with Crippen LogP contribution in [-0.2, 0) is 4.74 Å². The molecule has 3 rings (SSSR count). The summed E-state index contributed by atoms with van der Waals surface area (Å²) >= 11 is 6.19. The summed E-state index contributed by atoms with van der Waals surface area (Å²) in [6.45, 7) is 2.44. The van der Waals surface area contributed by atoms with Gasteiger partial charge in [0.15, 0.2) is 0 Å². The highest BCUT2D eigenvalue weighted by molar-refractivity contribution is 6.33. The van der Waals surface area contributed by atoms with Crippen molar-refractivity contribution in [3.63, 3.8) is 0 Å². The molecule has 1 saturated heterocycles. The van der Waals surface area contributed by atoms with Gasteiger partial charge in [-0.25, -0.2) is 4.98 Å². The second-order valence-corrected chi connectivity index (χ2v) is 5.78. The van der Waals surface area contributed by atoms with Crippen molar-refractivity contribution in [2.45, 2.75) is 25.3 Å². The Bertz CT molecular complexity index is 516. The molecule has 0 bridgehead atoms. The van der Waals surface area contributed by atoms with Gasteiger partial charge in [0.1, 0.15) is 12.0 Å². The van der Waals surface area contributed by atoms with Crippen molar-refractivity contribution >= 4 is 23.1 Å². The number of hydrogen-bond acceptors (Lipinski definition) is 5. The SMILES string of the molecule is O=[N+]([O-])c1cnc(N(CC2CCOC2)C2CC2)c(Cl)c1. The maximum Gasteiger partial charge on any atom is 0.289 e. The standard InChI is InChI=1S/C13H16ClN3O3/c14-12-5-11(17(18)19)6-15-13(12)16(10-1-2-10)7-9-3-4-20-8-9/h5-6,9-10H,1-4,7-8H2. The monoisotopic (exact) mass is 297 g/mol. The predicted octanol–water partition coefficient (Wildman–Crippen LogP) is 2.65. The van der Waals surface area contributed by atoms with Crippen LogP contribution in [0.2, 0.25) is 5.02 Å². The summed E-state index contributed by atoms with van der Waals surface area (Å²) in [7, 11) is 0. The number of aromatic nitrogens is 1. The zero-order valence-corrected chi connectivity index (χ0v) is 11.8. The quantitative estimate of drug-likeness (QED) is 0.617. The van der Waals surface area contributed by atoms with Gasteiger partial charge >= 0.3 is 0 Å². The van der Waals surface area contributed by atoms with Gasteiger partial charge in [-0.2, -0.15) is 0 Å². The third-order valence-corrected chi connectivity index (χ3v) is 4.03. The van der Waals surface area contributed by atoms with Gasteiger partial charge in [-0.1, -0.05) is 11.6 Å². The van der Waals surface area contributed by atoms with Crippen LogP contribution in [-0.4, -0.2) is 35.7 Å². The maximum atomic E-state index is 10.7. The van der Waals surface area contributed by atoms with Crippen molar-refractivity contribution < 1.29 is 9.66 Å². The van der Waals surface area contributed by atoms with E-state index in [-0.39, 0.29) is 5.69 Å². The van der Waals surface area contributed by atoms with Crippen LogP contribution >= 0.6 is 11.6 Å². The normalized spacial score (nSPS) is 21.9. The minimum Gasteiger partial charge on any atom is -0.381 e. The molecule has 108 valence electrons. The first-order chi connectivity index (χ1) is 9.65. The molecule has 1 unspecified atom stereocenters. The van der Waals surface area contributed by atoms with Gasteiger partial charge in [0, 0.05) is 31.2 Å². The molecule has 7 heteroatoms. The number of nitro groups is 1. The summed E-state index contributed by atoms with van der Waals surface area (Å²) in [5.41, 5.74) is -0.0707. The second-order valence-electron chi connectivity index (χ2n) is 5.37. The number of hydrogen-bond donors (Lipinski definition) is 0. The van der Waals surface area contributed by atoms with Gasteiger partial charge in [0.05, 0.1) is 16.6 Å². The molecule has 20 heavy (non-hydrogen) atoms. The number of ether oxygens (including phenoxy) is 1. The summed E-state index contributed by atoms with van der Waals surface area (Å²) in [6.07, 6.45) is 4.58. The van der Waals surface area contributed by atoms with Gasteiger partial charge in [-0.15, -0.1) is 0 Å². The van der Waals surface area contributed by atoms with Crippen LogP contribution in [0.25, 0.3) is 0 Å². The topological polar surface area (TPSA) is 68.5 Å². The smallest absolute Gasteiger partial charge is 0.289 e. The number of pyridine rings is 1. The van der Waals surface area contributed by atoms with Crippen molar-refractivity contribution in [1.29, 1.82) is 0 Å². The Morgan fingerprint density at radius 2 is 2.30 bits per heavy atom. The molecule has 2 aliphatic rings. The number of halogens is 1. The molecule has 2 heterocycles. The fourth-order valence-corrected chi connectivity index (χ4v) is 2.80. The summed E-state index contributed by atoms with van der Waals surface area (Å²) in [5.74, 6) is 1.15. The van der Waals surface area contributed by atoms with E-state index in [0.29, 0.717) is 22.8 Å².